The van der Waals surface area contributed by atoms with E-state index in [0.717, 1.165) is 45.0 Å². The Bertz CT molecular complexity index is 694. The van der Waals surface area contributed by atoms with Crippen LogP contribution in [0.1, 0.15) is 38.2 Å². The van der Waals surface area contributed by atoms with Gasteiger partial charge < -0.3 is 20.5 Å². The molecular formula is C21H33Cl2IN4O2. The van der Waals surface area contributed by atoms with Crippen LogP contribution >= 0.6 is 47.2 Å². The van der Waals surface area contributed by atoms with Gasteiger partial charge in [-0.2, -0.15) is 0 Å². The van der Waals surface area contributed by atoms with Crippen LogP contribution in [0.3, 0.4) is 0 Å². The molecule has 2 fully saturated rings. The molecule has 0 spiro atoms. The fourth-order valence-corrected chi connectivity index (χ4v) is 4.10. The molecule has 9 heteroatoms. The van der Waals surface area contributed by atoms with Crippen LogP contribution in [-0.2, 0) is 11.3 Å². The van der Waals surface area contributed by atoms with Crippen LogP contribution in [0.2, 0.25) is 10.0 Å². The van der Waals surface area contributed by atoms with Crippen molar-refractivity contribution in [3.8, 4) is 0 Å². The van der Waals surface area contributed by atoms with Crippen LogP contribution in [0.4, 0.5) is 0 Å². The van der Waals surface area contributed by atoms with E-state index in [1.165, 1.54) is 5.56 Å². The molecule has 0 amide bonds. The Morgan fingerprint density at radius 2 is 1.93 bits per heavy atom. The van der Waals surface area contributed by atoms with Gasteiger partial charge in [-0.1, -0.05) is 29.3 Å². The molecule has 0 bridgehead atoms. The number of guanidine groups is 1. The first-order valence-electron chi connectivity index (χ1n) is 10.5. The van der Waals surface area contributed by atoms with Gasteiger partial charge in [0.15, 0.2) is 5.96 Å². The summed E-state index contributed by atoms with van der Waals surface area (Å²) in [7, 11) is 0. The number of ether oxygens (including phenoxy) is 1. The number of hydrogen-bond donors (Lipinski definition) is 3. The molecule has 170 valence electrons. The highest BCUT2D eigenvalue weighted by Gasteiger charge is 2.30. The van der Waals surface area contributed by atoms with Gasteiger partial charge in [0.1, 0.15) is 0 Å². The molecule has 0 radical (unpaired) electrons. The highest BCUT2D eigenvalue weighted by molar-refractivity contribution is 14.0. The number of piperidine rings is 1. The number of aliphatic imine (C=N–C) groups is 1. The average molecular weight is 571 g/mol. The van der Waals surface area contributed by atoms with Crippen molar-refractivity contribution in [3.63, 3.8) is 0 Å². The second kappa shape index (κ2) is 12.6. The van der Waals surface area contributed by atoms with Gasteiger partial charge in [0.05, 0.1) is 22.2 Å². The van der Waals surface area contributed by atoms with Crippen LogP contribution in [0, 0.1) is 0 Å². The number of benzene rings is 1. The summed E-state index contributed by atoms with van der Waals surface area (Å²) in [5.41, 5.74) is 0.439. The summed E-state index contributed by atoms with van der Waals surface area (Å²) in [4.78, 5) is 7.09. The maximum absolute atomic E-state index is 10.6. The molecule has 30 heavy (non-hydrogen) atoms. The predicted octanol–water partition coefficient (Wildman–Crippen LogP) is 3.67. The third-order valence-electron chi connectivity index (χ3n) is 5.62. The number of nitrogens with zero attached hydrogens (tertiary/aromatic N) is 2. The minimum absolute atomic E-state index is 0. The van der Waals surface area contributed by atoms with E-state index >= 15 is 0 Å². The molecule has 0 saturated carbocycles. The van der Waals surface area contributed by atoms with Gasteiger partial charge in [0.2, 0.25) is 0 Å². The Balaban J connectivity index is 0.00000320. The van der Waals surface area contributed by atoms with E-state index in [2.05, 4.69) is 27.4 Å². The molecule has 2 heterocycles. The standard InChI is InChI=1S/C21H32Cl2N4O2.HI/c1-2-24-20(25-15-21(28)7-11-29-12-8-21)26-17-5-9-27(10-6-17)14-16-3-4-18(22)19(23)13-16;/h3-4,13,17,28H,2,5-12,14-15H2,1H3,(H2,24,25,26);1H. The lowest BCUT2D eigenvalue weighted by molar-refractivity contribution is -0.0566. The second-order valence-corrected chi connectivity index (χ2v) is 8.79. The SMILES string of the molecule is CCNC(=NCC1(O)CCOCC1)NC1CCN(Cc2ccc(Cl)c(Cl)c2)CC1.I. The molecule has 0 aromatic heterocycles. The van der Waals surface area contributed by atoms with Gasteiger partial charge in [0, 0.05) is 58.3 Å². The van der Waals surface area contributed by atoms with E-state index in [1.54, 1.807) is 0 Å². The van der Waals surface area contributed by atoms with Crippen molar-refractivity contribution in [2.24, 2.45) is 4.99 Å². The molecule has 2 saturated heterocycles. The van der Waals surface area contributed by atoms with Crippen molar-refractivity contribution in [1.82, 2.24) is 15.5 Å². The van der Waals surface area contributed by atoms with Gasteiger partial charge in [0.25, 0.3) is 0 Å². The molecule has 0 atom stereocenters. The van der Waals surface area contributed by atoms with E-state index < -0.39 is 5.60 Å². The van der Waals surface area contributed by atoms with Crippen molar-refractivity contribution < 1.29 is 9.84 Å². The molecule has 1 aromatic rings. The maximum Gasteiger partial charge on any atom is 0.191 e. The van der Waals surface area contributed by atoms with E-state index in [-0.39, 0.29) is 24.0 Å². The van der Waals surface area contributed by atoms with Crippen molar-refractivity contribution in [2.75, 3.05) is 39.4 Å². The predicted molar refractivity (Wildman–Crippen MR) is 134 cm³/mol. The molecule has 0 aliphatic carbocycles. The minimum Gasteiger partial charge on any atom is -0.388 e. The summed E-state index contributed by atoms with van der Waals surface area (Å²) in [6.07, 6.45) is 3.37. The number of aliphatic hydroxyl groups is 1. The molecule has 3 rings (SSSR count). The second-order valence-electron chi connectivity index (χ2n) is 7.98. The van der Waals surface area contributed by atoms with E-state index in [0.29, 0.717) is 48.7 Å². The first-order chi connectivity index (χ1) is 14.0. The number of halogens is 3. The normalized spacial score (nSPS) is 20.5. The number of nitrogens with one attached hydrogen (secondary N) is 2. The van der Waals surface area contributed by atoms with Crippen LogP contribution < -0.4 is 10.6 Å². The van der Waals surface area contributed by atoms with E-state index in [9.17, 15) is 5.11 Å². The fraction of sp³-hybridized carbons (Fsp3) is 0.667. The number of rotatable bonds is 6. The van der Waals surface area contributed by atoms with E-state index in [1.807, 2.05) is 18.2 Å². The summed E-state index contributed by atoms with van der Waals surface area (Å²) in [6, 6.07) is 6.22. The van der Waals surface area contributed by atoms with Crippen molar-refractivity contribution in [1.29, 1.82) is 0 Å². The highest BCUT2D eigenvalue weighted by Crippen LogP contribution is 2.24. The zero-order valence-electron chi connectivity index (χ0n) is 17.5. The molecule has 2 aliphatic rings. The molecule has 0 unspecified atom stereocenters. The van der Waals surface area contributed by atoms with Gasteiger partial charge >= 0.3 is 0 Å². The summed E-state index contributed by atoms with van der Waals surface area (Å²) in [6.45, 7) is 7.37. The number of hydrogen-bond acceptors (Lipinski definition) is 4. The minimum atomic E-state index is -0.746. The largest absolute Gasteiger partial charge is 0.388 e. The van der Waals surface area contributed by atoms with Gasteiger partial charge in [-0.05, 0) is 37.5 Å². The Morgan fingerprint density at radius 3 is 2.57 bits per heavy atom. The first kappa shape index (κ1) is 25.9. The molecule has 6 nitrogen and oxygen atoms in total. The third kappa shape index (κ3) is 7.98. The topological polar surface area (TPSA) is 69.1 Å². The summed E-state index contributed by atoms with van der Waals surface area (Å²) >= 11 is 12.1. The smallest absolute Gasteiger partial charge is 0.191 e. The van der Waals surface area contributed by atoms with Gasteiger partial charge in [-0.3, -0.25) is 9.89 Å². The average Bonchev–Trinajstić information content (AvgIpc) is 2.71. The lowest BCUT2D eigenvalue weighted by Crippen LogP contribution is -2.49. The molecular weight excluding hydrogens is 538 g/mol. The van der Waals surface area contributed by atoms with Crippen LogP contribution in [0.5, 0.6) is 0 Å². The molecule has 3 N–H and O–H groups in total. The quantitative estimate of drug-likeness (QED) is 0.277. The lowest BCUT2D eigenvalue weighted by atomic mass is 9.95. The zero-order valence-corrected chi connectivity index (χ0v) is 21.3. The summed E-state index contributed by atoms with van der Waals surface area (Å²) in [5, 5.41) is 18.7. The van der Waals surface area contributed by atoms with E-state index in [4.69, 9.17) is 27.9 Å². The van der Waals surface area contributed by atoms with Crippen LogP contribution in [0.15, 0.2) is 23.2 Å². The Hall–Kier alpha value is -0.320. The monoisotopic (exact) mass is 570 g/mol. The van der Waals surface area contributed by atoms with Gasteiger partial charge in [-0.25, -0.2) is 0 Å². The van der Waals surface area contributed by atoms with Crippen molar-refractivity contribution >= 4 is 53.1 Å². The third-order valence-corrected chi connectivity index (χ3v) is 6.36. The molecule has 1 aromatic carbocycles. The molecule has 2 aliphatic heterocycles. The zero-order chi connectivity index (χ0) is 20.7. The Labute approximate surface area is 206 Å². The fourth-order valence-electron chi connectivity index (χ4n) is 3.78. The highest BCUT2D eigenvalue weighted by atomic mass is 127. The number of likely N-dealkylation sites (tertiary alicyclic amines) is 1. The maximum atomic E-state index is 10.6. The van der Waals surface area contributed by atoms with Crippen molar-refractivity contribution in [2.45, 2.75) is 50.8 Å². The Kier molecular flexibility index (Phi) is 10.9. The van der Waals surface area contributed by atoms with Crippen LogP contribution in [0.25, 0.3) is 0 Å². The first-order valence-corrected chi connectivity index (χ1v) is 11.2. The lowest BCUT2D eigenvalue weighted by Gasteiger charge is -2.34. The van der Waals surface area contributed by atoms with Crippen LogP contribution in [-0.4, -0.2) is 67.0 Å². The Morgan fingerprint density at radius 1 is 1.23 bits per heavy atom. The summed E-state index contributed by atoms with van der Waals surface area (Å²) < 4.78 is 5.35. The summed E-state index contributed by atoms with van der Waals surface area (Å²) in [5.74, 6) is 0.787. The van der Waals surface area contributed by atoms with Crippen molar-refractivity contribution in [3.05, 3.63) is 33.8 Å². The van der Waals surface area contributed by atoms with Gasteiger partial charge in [-0.15, -0.1) is 24.0 Å².